The highest BCUT2D eigenvalue weighted by molar-refractivity contribution is 7.10. The predicted molar refractivity (Wildman–Crippen MR) is 82.8 cm³/mol. The van der Waals surface area contributed by atoms with Gasteiger partial charge in [0.1, 0.15) is 0 Å². The predicted octanol–water partition coefficient (Wildman–Crippen LogP) is 5.39. The molecule has 1 nitrogen and oxygen atoms in total. The first kappa shape index (κ1) is 14.3. The van der Waals surface area contributed by atoms with E-state index in [1.165, 1.54) is 18.4 Å². The van der Waals surface area contributed by atoms with Crippen molar-refractivity contribution in [1.29, 1.82) is 0 Å². The second-order valence-electron chi connectivity index (χ2n) is 7.11. The highest BCUT2D eigenvalue weighted by Crippen LogP contribution is 2.45. The molecule has 0 aliphatic heterocycles. The van der Waals surface area contributed by atoms with E-state index in [2.05, 4.69) is 52.2 Å². The molecule has 1 aromatic rings. The van der Waals surface area contributed by atoms with E-state index in [1.54, 1.807) is 4.88 Å². The summed E-state index contributed by atoms with van der Waals surface area (Å²) in [5.41, 5.74) is 1.48. The molecule has 1 aromatic heterocycles. The number of rotatable bonds is 2. The largest absolute Gasteiger partial charge is 0.410 e. The Bertz CT molecular complexity index is 416. The molecule has 3 heteroatoms. The number of hydrogen-bond donors (Lipinski definition) is 0. The fraction of sp³-hybridized carbons (Fsp3) is 0.733. The zero-order chi connectivity index (χ0) is 13.6. The molecule has 0 radical (unpaired) electrons. The van der Waals surface area contributed by atoms with Crippen LogP contribution in [0.4, 0.5) is 0 Å². The van der Waals surface area contributed by atoms with Crippen molar-refractivity contribution in [2.75, 3.05) is 0 Å². The van der Waals surface area contributed by atoms with Crippen LogP contribution < -0.4 is 0 Å². The Morgan fingerprint density at radius 2 is 2.00 bits per heavy atom. The maximum atomic E-state index is 6.69. The zero-order valence-electron chi connectivity index (χ0n) is 12.5. The van der Waals surface area contributed by atoms with Crippen molar-refractivity contribution in [3.8, 4) is 0 Å². The van der Waals surface area contributed by atoms with Gasteiger partial charge in [-0.1, -0.05) is 27.7 Å². The summed E-state index contributed by atoms with van der Waals surface area (Å²) in [5.74, 6) is 0.654. The average molecular weight is 283 g/mol. The van der Waals surface area contributed by atoms with Crippen LogP contribution in [0.3, 0.4) is 0 Å². The summed E-state index contributed by atoms with van der Waals surface area (Å²) >= 11 is 1.90. The zero-order valence-corrected chi connectivity index (χ0v) is 14.4. The van der Waals surface area contributed by atoms with Crippen LogP contribution in [0.25, 0.3) is 0 Å². The second-order valence-corrected chi connectivity index (χ2v) is 12.9. The molecule has 0 amide bonds. The van der Waals surface area contributed by atoms with Gasteiger partial charge in [0.25, 0.3) is 0 Å². The van der Waals surface area contributed by atoms with E-state index in [4.69, 9.17) is 4.43 Å². The molecule has 0 spiro atoms. The van der Waals surface area contributed by atoms with E-state index in [-0.39, 0.29) is 0 Å². The lowest BCUT2D eigenvalue weighted by Gasteiger charge is -2.42. The molecule has 2 unspecified atom stereocenters. The maximum absolute atomic E-state index is 6.69. The Morgan fingerprint density at radius 3 is 2.61 bits per heavy atom. The Hall–Kier alpha value is -0.123. The SMILES string of the molecule is CC1CCc2sccc2C1O[Si](C)(C)C(C)(C)C. The summed E-state index contributed by atoms with van der Waals surface area (Å²) in [4.78, 5) is 1.55. The fourth-order valence-corrected chi connectivity index (χ4v) is 4.58. The molecule has 0 saturated heterocycles. The molecule has 1 heterocycles. The smallest absolute Gasteiger partial charge is 0.192 e. The number of aryl methyl sites for hydroxylation is 1. The number of fused-ring (bicyclic) bond motifs is 1. The number of thiophene rings is 1. The van der Waals surface area contributed by atoms with Crippen LogP contribution in [0.15, 0.2) is 11.4 Å². The molecule has 0 saturated carbocycles. The van der Waals surface area contributed by atoms with Crippen molar-refractivity contribution in [3.63, 3.8) is 0 Å². The third-order valence-electron chi connectivity index (χ3n) is 4.66. The van der Waals surface area contributed by atoms with Crippen molar-refractivity contribution in [1.82, 2.24) is 0 Å². The van der Waals surface area contributed by atoms with E-state index in [1.807, 2.05) is 11.3 Å². The Labute approximate surface area is 117 Å². The van der Waals surface area contributed by atoms with E-state index >= 15 is 0 Å². The van der Waals surface area contributed by atoms with Crippen molar-refractivity contribution in [3.05, 3.63) is 21.9 Å². The van der Waals surface area contributed by atoms with Crippen LogP contribution in [0.1, 0.15) is 50.7 Å². The summed E-state index contributed by atoms with van der Waals surface area (Å²) in [6.45, 7) is 14.0. The highest BCUT2D eigenvalue weighted by Gasteiger charge is 2.41. The van der Waals surface area contributed by atoms with Crippen LogP contribution in [0.5, 0.6) is 0 Å². The molecule has 0 aromatic carbocycles. The van der Waals surface area contributed by atoms with Crippen LogP contribution in [-0.4, -0.2) is 8.32 Å². The lowest BCUT2D eigenvalue weighted by atomic mass is 9.87. The minimum absolute atomic E-state index is 0.292. The van der Waals surface area contributed by atoms with Gasteiger partial charge in [-0.2, -0.15) is 0 Å². The molecule has 2 rings (SSSR count). The van der Waals surface area contributed by atoms with Gasteiger partial charge >= 0.3 is 0 Å². The van der Waals surface area contributed by atoms with Gasteiger partial charge in [0.2, 0.25) is 0 Å². The summed E-state index contributed by atoms with van der Waals surface area (Å²) in [5, 5.41) is 2.52. The van der Waals surface area contributed by atoms with Crippen molar-refractivity contribution in [2.45, 2.75) is 64.8 Å². The lowest BCUT2D eigenvalue weighted by Crippen LogP contribution is -2.43. The number of hydrogen-bond acceptors (Lipinski definition) is 2. The lowest BCUT2D eigenvalue weighted by molar-refractivity contribution is 0.114. The van der Waals surface area contributed by atoms with Gasteiger partial charge in [-0.05, 0) is 53.9 Å². The minimum atomic E-state index is -1.67. The van der Waals surface area contributed by atoms with Gasteiger partial charge in [0, 0.05) is 4.88 Å². The van der Waals surface area contributed by atoms with Gasteiger partial charge < -0.3 is 4.43 Å². The van der Waals surface area contributed by atoms with E-state index in [0.717, 1.165) is 0 Å². The molecular formula is C15H26OSSi. The third kappa shape index (κ3) is 2.58. The maximum Gasteiger partial charge on any atom is 0.192 e. The average Bonchev–Trinajstić information content (AvgIpc) is 2.68. The molecule has 0 N–H and O–H groups in total. The normalized spacial score (nSPS) is 25.0. The van der Waals surface area contributed by atoms with Crippen LogP contribution in [0, 0.1) is 5.92 Å². The first-order valence-corrected chi connectivity index (χ1v) is 10.8. The monoisotopic (exact) mass is 282 g/mol. The van der Waals surface area contributed by atoms with E-state index < -0.39 is 8.32 Å². The quantitative estimate of drug-likeness (QED) is 0.660. The summed E-state index contributed by atoms with van der Waals surface area (Å²) in [6, 6.07) is 2.29. The van der Waals surface area contributed by atoms with Crippen LogP contribution in [0.2, 0.25) is 18.1 Å². The van der Waals surface area contributed by atoms with Gasteiger partial charge in [-0.3, -0.25) is 0 Å². The second kappa shape index (κ2) is 4.77. The summed E-state index contributed by atoms with van der Waals surface area (Å²) in [6.07, 6.45) is 2.85. The summed E-state index contributed by atoms with van der Waals surface area (Å²) in [7, 11) is -1.67. The topological polar surface area (TPSA) is 9.23 Å². The van der Waals surface area contributed by atoms with E-state index in [9.17, 15) is 0 Å². The molecule has 0 bridgehead atoms. The molecular weight excluding hydrogens is 256 g/mol. The molecule has 2 atom stereocenters. The molecule has 102 valence electrons. The van der Waals surface area contributed by atoms with Gasteiger partial charge in [0.05, 0.1) is 6.10 Å². The molecule has 18 heavy (non-hydrogen) atoms. The minimum Gasteiger partial charge on any atom is -0.410 e. The van der Waals surface area contributed by atoms with Crippen molar-refractivity contribution in [2.24, 2.45) is 5.92 Å². The standard InChI is InChI=1S/C15H26OSSi/c1-11-7-8-13-12(9-10-17-13)14(11)16-18(5,6)15(2,3)4/h9-11,14H,7-8H2,1-6H3. The Morgan fingerprint density at radius 1 is 1.33 bits per heavy atom. The molecule has 1 aliphatic carbocycles. The van der Waals surface area contributed by atoms with Gasteiger partial charge in [-0.15, -0.1) is 11.3 Å². The fourth-order valence-electron chi connectivity index (χ4n) is 2.30. The molecule has 1 aliphatic rings. The summed E-state index contributed by atoms with van der Waals surface area (Å²) < 4.78 is 6.69. The van der Waals surface area contributed by atoms with Crippen LogP contribution in [-0.2, 0) is 10.8 Å². The first-order valence-electron chi connectivity index (χ1n) is 6.96. The van der Waals surface area contributed by atoms with E-state index in [0.29, 0.717) is 17.1 Å². The first-order chi connectivity index (χ1) is 8.22. The Kier molecular flexibility index (Phi) is 3.78. The Balaban J connectivity index is 2.25. The van der Waals surface area contributed by atoms with Crippen molar-refractivity contribution < 1.29 is 4.43 Å². The van der Waals surface area contributed by atoms with Gasteiger partial charge in [0.15, 0.2) is 8.32 Å². The third-order valence-corrected chi connectivity index (χ3v) is 10.1. The van der Waals surface area contributed by atoms with Gasteiger partial charge in [-0.25, -0.2) is 0 Å². The highest BCUT2D eigenvalue weighted by atomic mass is 32.1. The van der Waals surface area contributed by atoms with Crippen LogP contribution >= 0.6 is 11.3 Å². The van der Waals surface area contributed by atoms with Crippen molar-refractivity contribution >= 4 is 19.7 Å². The molecule has 0 fully saturated rings.